The van der Waals surface area contributed by atoms with Crippen molar-refractivity contribution in [2.24, 2.45) is 5.73 Å². The third kappa shape index (κ3) is 3.34. The first-order valence-corrected chi connectivity index (χ1v) is 7.06. The molecule has 0 heterocycles. The van der Waals surface area contributed by atoms with Gasteiger partial charge in [0.15, 0.2) is 11.6 Å². The highest BCUT2D eigenvalue weighted by Crippen LogP contribution is 2.28. The maximum absolute atomic E-state index is 13.9. The smallest absolute Gasteiger partial charge is 0.165 e. The first kappa shape index (κ1) is 15.3. The first-order chi connectivity index (χ1) is 10.2. The van der Waals surface area contributed by atoms with E-state index in [1.165, 1.54) is 13.2 Å². The third-order valence-electron chi connectivity index (χ3n) is 3.59. The molecule has 3 nitrogen and oxygen atoms in total. The van der Waals surface area contributed by atoms with Gasteiger partial charge < -0.3 is 15.4 Å². The van der Waals surface area contributed by atoms with Crippen LogP contribution in [0.4, 0.5) is 10.1 Å². The second-order valence-corrected chi connectivity index (χ2v) is 4.77. The van der Waals surface area contributed by atoms with E-state index in [2.05, 4.69) is 11.8 Å². The highest BCUT2D eigenvalue weighted by molar-refractivity contribution is 5.49. The number of hydrogen-bond donors (Lipinski definition) is 1. The van der Waals surface area contributed by atoms with Crippen LogP contribution in [0.1, 0.15) is 18.5 Å². The Balaban J connectivity index is 2.35. The van der Waals surface area contributed by atoms with E-state index in [-0.39, 0.29) is 17.6 Å². The zero-order chi connectivity index (χ0) is 15.2. The number of hydrogen-bond acceptors (Lipinski definition) is 3. The summed E-state index contributed by atoms with van der Waals surface area (Å²) in [4.78, 5) is 2.17. The van der Waals surface area contributed by atoms with Crippen LogP contribution in [0.2, 0.25) is 0 Å². The quantitative estimate of drug-likeness (QED) is 0.886. The minimum Gasteiger partial charge on any atom is -0.494 e. The first-order valence-electron chi connectivity index (χ1n) is 7.06. The fourth-order valence-corrected chi connectivity index (χ4v) is 2.54. The summed E-state index contributed by atoms with van der Waals surface area (Å²) < 4.78 is 18.9. The van der Waals surface area contributed by atoms with Gasteiger partial charge in [-0.2, -0.15) is 0 Å². The van der Waals surface area contributed by atoms with Crippen molar-refractivity contribution in [2.75, 3.05) is 25.1 Å². The van der Waals surface area contributed by atoms with Gasteiger partial charge in [0, 0.05) is 18.8 Å². The fourth-order valence-electron chi connectivity index (χ4n) is 2.54. The number of rotatable bonds is 6. The van der Waals surface area contributed by atoms with Crippen LogP contribution in [-0.4, -0.2) is 20.2 Å². The summed E-state index contributed by atoms with van der Waals surface area (Å²) in [5, 5.41) is 0. The molecule has 21 heavy (non-hydrogen) atoms. The van der Waals surface area contributed by atoms with Gasteiger partial charge in [0.1, 0.15) is 0 Å². The van der Waals surface area contributed by atoms with Crippen LogP contribution in [0, 0.1) is 5.82 Å². The predicted molar refractivity (Wildman–Crippen MR) is 84.2 cm³/mol. The van der Waals surface area contributed by atoms with Gasteiger partial charge in [-0.3, -0.25) is 0 Å². The highest BCUT2D eigenvalue weighted by Gasteiger charge is 2.19. The summed E-state index contributed by atoms with van der Waals surface area (Å²) in [5.74, 6) is -0.116. The molecule has 0 spiro atoms. The molecule has 0 aromatic heterocycles. The molecule has 2 aromatic carbocycles. The number of benzene rings is 2. The summed E-state index contributed by atoms with van der Waals surface area (Å²) in [6.45, 7) is 3.27. The Bertz CT molecular complexity index is 574. The molecule has 2 aromatic rings. The SMILES string of the molecule is CCN(c1ccccc1)C(CN)c1ccc(OC)c(F)c1. The van der Waals surface area contributed by atoms with Gasteiger partial charge in [-0.05, 0) is 36.8 Å². The summed E-state index contributed by atoms with van der Waals surface area (Å²) >= 11 is 0. The number of para-hydroxylation sites is 1. The monoisotopic (exact) mass is 288 g/mol. The van der Waals surface area contributed by atoms with Crippen molar-refractivity contribution >= 4 is 5.69 Å². The summed E-state index contributed by atoms with van der Waals surface area (Å²) in [6, 6.07) is 15.0. The van der Waals surface area contributed by atoms with Gasteiger partial charge in [-0.1, -0.05) is 24.3 Å². The van der Waals surface area contributed by atoms with Gasteiger partial charge in [-0.15, -0.1) is 0 Å². The molecule has 0 saturated heterocycles. The largest absolute Gasteiger partial charge is 0.494 e. The Hall–Kier alpha value is -2.07. The van der Waals surface area contributed by atoms with Crippen LogP contribution in [0.5, 0.6) is 5.75 Å². The lowest BCUT2D eigenvalue weighted by molar-refractivity contribution is 0.385. The summed E-state index contributed by atoms with van der Waals surface area (Å²) in [6.07, 6.45) is 0. The fraction of sp³-hybridized carbons (Fsp3) is 0.294. The lowest BCUT2D eigenvalue weighted by Gasteiger charge is -2.32. The maximum atomic E-state index is 13.9. The molecule has 0 fully saturated rings. The summed E-state index contributed by atoms with van der Waals surface area (Å²) in [5.41, 5.74) is 7.87. The van der Waals surface area contributed by atoms with Gasteiger partial charge in [0.25, 0.3) is 0 Å². The molecule has 0 aliphatic carbocycles. The van der Waals surface area contributed by atoms with E-state index in [0.717, 1.165) is 17.8 Å². The van der Waals surface area contributed by atoms with Crippen LogP contribution >= 0.6 is 0 Å². The Morgan fingerprint density at radius 2 is 1.90 bits per heavy atom. The second kappa shape index (κ2) is 7.09. The predicted octanol–water partition coefficient (Wildman–Crippen LogP) is 3.36. The van der Waals surface area contributed by atoms with Crippen LogP contribution in [0.3, 0.4) is 0 Å². The molecule has 2 N–H and O–H groups in total. The van der Waals surface area contributed by atoms with Gasteiger partial charge >= 0.3 is 0 Å². The van der Waals surface area contributed by atoms with Crippen LogP contribution in [-0.2, 0) is 0 Å². The van der Waals surface area contributed by atoms with Crippen LogP contribution in [0.15, 0.2) is 48.5 Å². The zero-order valence-corrected chi connectivity index (χ0v) is 12.4. The van der Waals surface area contributed by atoms with E-state index in [9.17, 15) is 4.39 Å². The molecule has 4 heteroatoms. The normalized spacial score (nSPS) is 12.0. The topological polar surface area (TPSA) is 38.5 Å². The van der Waals surface area contributed by atoms with E-state index < -0.39 is 0 Å². The van der Waals surface area contributed by atoms with Crippen molar-refractivity contribution in [1.29, 1.82) is 0 Å². The Kier molecular flexibility index (Phi) is 5.17. The van der Waals surface area contributed by atoms with Crippen molar-refractivity contribution in [3.63, 3.8) is 0 Å². The average Bonchev–Trinajstić information content (AvgIpc) is 2.53. The second-order valence-electron chi connectivity index (χ2n) is 4.77. The molecule has 0 saturated carbocycles. The van der Waals surface area contributed by atoms with E-state index in [4.69, 9.17) is 10.5 Å². The van der Waals surface area contributed by atoms with Crippen LogP contribution in [0.25, 0.3) is 0 Å². The van der Waals surface area contributed by atoms with Gasteiger partial charge in [0.2, 0.25) is 0 Å². The van der Waals surface area contributed by atoms with E-state index in [1.54, 1.807) is 6.07 Å². The van der Waals surface area contributed by atoms with Crippen molar-refractivity contribution in [2.45, 2.75) is 13.0 Å². The Morgan fingerprint density at radius 1 is 1.19 bits per heavy atom. The zero-order valence-electron chi connectivity index (χ0n) is 12.4. The minimum absolute atomic E-state index is 0.0715. The lowest BCUT2D eigenvalue weighted by Crippen LogP contribution is -2.33. The summed E-state index contributed by atoms with van der Waals surface area (Å²) in [7, 11) is 1.46. The van der Waals surface area contributed by atoms with Crippen molar-refractivity contribution in [3.05, 3.63) is 59.9 Å². The van der Waals surface area contributed by atoms with Crippen molar-refractivity contribution in [3.8, 4) is 5.75 Å². The highest BCUT2D eigenvalue weighted by atomic mass is 19.1. The molecular formula is C17H21FN2O. The molecule has 0 radical (unpaired) electrons. The third-order valence-corrected chi connectivity index (χ3v) is 3.59. The molecule has 1 atom stereocenters. The number of nitrogens with zero attached hydrogens (tertiary/aromatic N) is 1. The molecule has 0 amide bonds. The molecule has 2 rings (SSSR count). The maximum Gasteiger partial charge on any atom is 0.165 e. The van der Waals surface area contributed by atoms with Crippen molar-refractivity contribution < 1.29 is 9.13 Å². The van der Waals surface area contributed by atoms with Gasteiger partial charge in [-0.25, -0.2) is 4.39 Å². The number of methoxy groups -OCH3 is 1. The number of halogens is 1. The number of likely N-dealkylation sites (N-methyl/N-ethyl adjacent to an activating group) is 1. The van der Waals surface area contributed by atoms with E-state index in [0.29, 0.717) is 6.54 Å². The standard InChI is InChI=1S/C17H21FN2O/c1-3-20(14-7-5-4-6-8-14)16(12-19)13-9-10-17(21-2)15(18)11-13/h4-11,16H,3,12,19H2,1-2H3. The van der Waals surface area contributed by atoms with E-state index >= 15 is 0 Å². The Labute approximate surface area is 125 Å². The van der Waals surface area contributed by atoms with Gasteiger partial charge in [0.05, 0.1) is 13.2 Å². The molecule has 1 unspecified atom stereocenters. The molecule has 0 bridgehead atoms. The van der Waals surface area contributed by atoms with E-state index in [1.807, 2.05) is 36.4 Å². The van der Waals surface area contributed by atoms with Crippen molar-refractivity contribution in [1.82, 2.24) is 0 Å². The average molecular weight is 288 g/mol. The molecular weight excluding hydrogens is 267 g/mol. The Morgan fingerprint density at radius 3 is 2.43 bits per heavy atom. The number of ether oxygens (including phenoxy) is 1. The van der Waals surface area contributed by atoms with Crippen LogP contribution < -0.4 is 15.4 Å². The number of anilines is 1. The number of nitrogens with two attached hydrogens (primary N) is 1. The lowest BCUT2D eigenvalue weighted by atomic mass is 10.0. The molecule has 0 aliphatic heterocycles. The minimum atomic E-state index is -0.363. The molecule has 112 valence electrons. The molecule has 0 aliphatic rings.